The van der Waals surface area contributed by atoms with Crippen LogP contribution < -0.4 is 4.90 Å². The van der Waals surface area contributed by atoms with Crippen LogP contribution in [0.3, 0.4) is 0 Å². The molecule has 32 heavy (non-hydrogen) atoms. The average molecular weight is 452 g/mol. The van der Waals surface area contributed by atoms with E-state index in [0.717, 1.165) is 11.3 Å². The highest BCUT2D eigenvalue weighted by Crippen LogP contribution is 2.33. The maximum Gasteiger partial charge on any atom is 0.283 e. The predicted octanol–water partition coefficient (Wildman–Crippen LogP) is 4.99. The van der Waals surface area contributed by atoms with Crippen LogP contribution in [-0.2, 0) is 5.75 Å². The van der Waals surface area contributed by atoms with Gasteiger partial charge in [-0.15, -0.1) is 11.8 Å². The lowest BCUT2D eigenvalue weighted by atomic mass is 10.1. The first-order valence-corrected chi connectivity index (χ1v) is 11.2. The van der Waals surface area contributed by atoms with Gasteiger partial charge in [0.15, 0.2) is 0 Å². The molecule has 0 N–H and O–H groups in total. The quantitative estimate of drug-likeness (QED) is 0.300. The van der Waals surface area contributed by atoms with Gasteiger partial charge in [-0.25, -0.2) is 4.39 Å². The number of nitro benzene ring substituents is 1. The largest absolute Gasteiger partial charge is 0.368 e. The van der Waals surface area contributed by atoms with Crippen LogP contribution in [0.5, 0.6) is 0 Å². The molecule has 8 heteroatoms. The van der Waals surface area contributed by atoms with Gasteiger partial charge in [0.2, 0.25) is 0 Å². The van der Waals surface area contributed by atoms with Crippen molar-refractivity contribution in [3.63, 3.8) is 0 Å². The average Bonchev–Trinajstić information content (AvgIpc) is 2.83. The topological polar surface area (TPSA) is 66.7 Å². The van der Waals surface area contributed by atoms with E-state index >= 15 is 0 Å². The van der Waals surface area contributed by atoms with Crippen molar-refractivity contribution in [1.82, 2.24) is 4.90 Å². The number of hydrogen-bond acceptors (Lipinski definition) is 5. The smallest absolute Gasteiger partial charge is 0.283 e. The molecule has 1 fully saturated rings. The Morgan fingerprint density at radius 2 is 1.72 bits per heavy atom. The number of anilines is 1. The molecule has 1 aliphatic rings. The molecule has 0 radical (unpaired) electrons. The zero-order valence-corrected chi connectivity index (χ0v) is 18.1. The molecule has 164 valence electrons. The molecule has 3 aromatic rings. The minimum absolute atomic E-state index is 0.111. The zero-order valence-electron chi connectivity index (χ0n) is 17.3. The third kappa shape index (κ3) is 5.08. The normalized spacial score (nSPS) is 13.8. The summed E-state index contributed by atoms with van der Waals surface area (Å²) >= 11 is 1.25. The first-order chi connectivity index (χ1) is 15.5. The molecule has 0 bridgehead atoms. The van der Waals surface area contributed by atoms with Crippen molar-refractivity contribution in [1.29, 1.82) is 0 Å². The number of carbonyl (C=O) groups excluding carboxylic acids is 1. The lowest BCUT2D eigenvalue weighted by Crippen LogP contribution is -2.48. The van der Waals surface area contributed by atoms with Gasteiger partial charge in [-0.3, -0.25) is 14.9 Å². The minimum atomic E-state index is -0.474. The number of rotatable bonds is 6. The number of nitro groups is 1. The van der Waals surface area contributed by atoms with E-state index in [9.17, 15) is 19.3 Å². The molecular weight excluding hydrogens is 429 g/mol. The number of para-hydroxylation sites is 1. The van der Waals surface area contributed by atoms with Crippen LogP contribution in [0.1, 0.15) is 15.9 Å². The number of halogens is 1. The van der Waals surface area contributed by atoms with E-state index in [2.05, 4.69) is 4.90 Å². The fraction of sp³-hybridized carbons (Fsp3) is 0.208. The molecule has 0 aliphatic carbocycles. The van der Waals surface area contributed by atoms with Gasteiger partial charge in [-0.05, 0) is 42.0 Å². The van der Waals surface area contributed by atoms with Crippen molar-refractivity contribution in [3.8, 4) is 0 Å². The van der Waals surface area contributed by atoms with Crippen LogP contribution in [-0.4, -0.2) is 41.9 Å². The highest BCUT2D eigenvalue weighted by molar-refractivity contribution is 7.98. The van der Waals surface area contributed by atoms with Crippen LogP contribution in [0.25, 0.3) is 0 Å². The van der Waals surface area contributed by atoms with Gasteiger partial charge in [0.25, 0.3) is 11.6 Å². The molecule has 3 aromatic carbocycles. The summed E-state index contributed by atoms with van der Waals surface area (Å²) in [5, 5.41) is 11.6. The molecule has 0 saturated carbocycles. The summed E-state index contributed by atoms with van der Waals surface area (Å²) in [6, 6.07) is 20.8. The minimum Gasteiger partial charge on any atom is -0.368 e. The van der Waals surface area contributed by atoms with E-state index in [1.165, 1.54) is 30.0 Å². The number of piperazine rings is 1. The molecule has 1 amide bonds. The fourth-order valence-electron chi connectivity index (χ4n) is 3.69. The molecule has 0 spiro atoms. The second-order valence-electron chi connectivity index (χ2n) is 7.47. The lowest BCUT2D eigenvalue weighted by Gasteiger charge is -2.36. The van der Waals surface area contributed by atoms with Gasteiger partial charge in [0, 0.05) is 49.2 Å². The van der Waals surface area contributed by atoms with Crippen molar-refractivity contribution < 1.29 is 14.1 Å². The van der Waals surface area contributed by atoms with Crippen LogP contribution in [0.15, 0.2) is 77.7 Å². The molecular formula is C24H22FN3O3S. The second kappa shape index (κ2) is 9.82. The van der Waals surface area contributed by atoms with Crippen LogP contribution in [0.4, 0.5) is 15.8 Å². The summed E-state index contributed by atoms with van der Waals surface area (Å²) in [4.78, 5) is 28.6. The van der Waals surface area contributed by atoms with Crippen LogP contribution >= 0.6 is 11.8 Å². The Hall–Kier alpha value is -3.39. The predicted molar refractivity (Wildman–Crippen MR) is 124 cm³/mol. The first kappa shape index (κ1) is 21.8. The summed E-state index contributed by atoms with van der Waals surface area (Å²) in [6.45, 7) is 2.52. The Morgan fingerprint density at radius 1 is 0.969 bits per heavy atom. The number of amides is 1. The Morgan fingerprint density at radius 3 is 2.41 bits per heavy atom. The Labute approximate surface area is 189 Å². The monoisotopic (exact) mass is 451 g/mol. The molecule has 0 aromatic heterocycles. The fourth-order valence-corrected chi connectivity index (χ4v) is 4.64. The van der Waals surface area contributed by atoms with Gasteiger partial charge in [0.05, 0.1) is 9.82 Å². The van der Waals surface area contributed by atoms with Gasteiger partial charge in [-0.2, -0.15) is 0 Å². The number of thioether (sulfide) groups is 1. The highest BCUT2D eigenvalue weighted by Gasteiger charge is 2.25. The number of carbonyl (C=O) groups is 1. The Bertz CT molecular complexity index is 1120. The maximum atomic E-state index is 13.4. The molecule has 1 aliphatic heterocycles. The number of hydrogen-bond donors (Lipinski definition) is 0. The molecule has 0 atom stereocenters. The van der Waals surface area contributed by atoms with Gasteiger partial charge >= 0.3 is 0 Å². The van der Waals surface area contributed by atoms with E-state index in [4.69, 9.17) is 0 Å². The van der Waals surface area contributed by atoms with Gasteiger partial charge in [-0.1, -0.05) is 30.3 Å². The van der Waals surface area contributed by atoms with Crippen molar-refractivity contribution in [2.75, 3.05) is 31.1 Å². The highest BCUT2D eigenvalue weighted by atomic mass is 32.2. The third-order valence-corrected chi connectivity index (χ3v) is 6.51. The molecule has 6 nitrogen and oxygen atoms in total. The van der Waals surface area contributed by atoms with E-state index in [1.54, 1.807) is 29.2 Å². The molecule has 1 saturated heterocycles. The standard InChI is InChI=1S/C24H22FN3O3S/c25-20-6-4-5-18(15-20)17-32-23-10-9-19(16-22(23)28(30)31)24(29)27-13-11-26(12-14-27)21-7-2-1-3-8-21/h1-10,15-16H,11-14,17H2. The van der Waals surface area contributed by atoms with Crippen LogP contribution in [0.2, 0.25) is 0 Å². The summed E-state index contributed by atoms with van der Waals surface area (Å²) in [6.07, 6.45) is 0. The van der Waals surface area contributed by atoms with E-state index in [1.807, 2.05) is 30.3 Å². The Balaban J connectivity index is 1.44. The first-order valence-electron chi connectivity index (χ1n) is 10.3. The summed E-state index contributed by atoms with van der Waals surface area (Å²) in [7, 11) is 0. The second-order valence-corrected chi connectivity index (χ2v) is 8.49. The van der Waals surface area contributed by atoms with Crippen molar-refractivity contribution >= 4 is 29.0 Å². The number of benzene rings is 3. The summed E-state index contributed by atoms with van der Waals surface area (Å²) in [5.74, 6) is -0.152. The Kier molecular flexibility index (Phi) is 6.70. The SMILES string of the molecule is O=C(c1ccc(SCc2cccc(F)c2)c([N+](=O)[O-])c1)N1CCN(c2ccccc2)CC1. The van der Waals surface area contributed by atoms with Crippen molar-refractivity contribution in [2.24, 2.45) is 0 Å². The summed E-state index contributed by atoms with van der Waals surface area (Å²) < 4.78 is 13.4. The van der Waals surface area contributed by atoms with E-state index in [-0.39, 0.29) is 17.4 Å². The van der Waals surface area contributed by atoms with Crippen molar-refractivity contribution in [2.45, 2.75) is 10.6 Å². The summed E-state index contributed by atoms with van der Waals surface area (Å²) in [5.41, 5.74) is 2.05. The maximum absolute atomic E-state index is 13.4. The van der Waals surface area contributed by atoms with E-state index < -0.39 is 4.92 Å². The van der Waals surface area contributed by atoms with Crippen LogP contribution in [0, 0.1) is 15.9 Å². The van der Waals surface area contributed by atoms with Gasteiger partial charge in [0.1, 0.15) is 5.82 Å². The zero-order chi connectivity index (χ0) is 22.5. The molecule has 0 unspecified atom stereocenters. The third-order valence-electron chi connectivity index (χ3n) is 5.37. The molecule has 4 rings (SSSR count). The van der Waals surface area contributed by atoms with Gasteiger partial charge < -0.3 is 9.80 Å². The van der Waals surface area contributed by atoms with E-state index in [0.29, 0.717) is 42.4 Å². The lowest BCUT2D eigenvalue weighted by molar-refractivity contribution is -0.387. The molecule has 1 heterocycles. The van der Waals surface area contributed by atoms with Crippen molar-refractivity contribution in [3.05, 3.63) is 99.9 Å². The number of nitrogens with zero attached hydrogens (tertiary/aromatic N) is 3.